The number of aliphatic hydroxyl groups is 1. The molecule has 1 aromatic carbocycles. The quantitative estimate of drug-likeness (QED) is 0.744. The Morgan fingerprint density at radius 1 is 1.13 bits per heavy atom. The van der Waals surface area contributed by atoms with E-state index < -0.39 is 0 Å². The second-order valence-electron chi connectivity index (χ2n) is 6.94. The minimum atomic E-state index is 0.106. The number of likely N-dealkylation sites (N-methyl/N-ethyl adjacent to an activating group) is 1. The van der Waals surface area contributed by atoms with E-state index in [4.69, 9.17) is 9.84 Å². The summed E-state index contributed by atoms with van der Waals surface area (Å²) in [5.74, 6) is 1.29. The summed E-state index contributed by atoms with van der Waals surface area (Å²) in [6.07, 6.45) is 0. The van der Waals surface area contributed by atoms with Crippen molar-refractivity contribution in [1.29, 1.82) is 0 Å². The predicted molar refractivity (Wildman–Crippen MR) is 94.4 cm³/mol. The first-order chi connectivity index (χ1) is 11.1. The Hall–Kier alpha value is -0.940. The summed E-state index contributed by atoms with van der Waals surface area (Å²) in [7, 11) is 2.20. The first kappa shape index (κ1) is 18.4. The Morgan fingerprint density at radius 2 is 1.78 bits per heavy atom. The molecule has 1 aromatic rings. The van der Waals surface area contributed by atoms with Crippen molar-refractivity contribution in [2.24, 2.45) is 11.8 Å². The molecule has 0 aliphatic carbocycles. The van der Waals surface area contributed by atoms with E-state index in [2.05, 4.69) is 61.0 Å². The van der Waals surface area contributed by atoms with Crippen LogP contribution in [0, 0.1) is 11.8 Å². The van der Waals surface area contributed by atoms with Gasteiger partial charge in [0.25, 0.3) is 0 Å². The SMILES string of the molecule is CC1CN(Cc2ccccc2)CC(C)C1N(C)CCOCCO. The van der Waals surface area contributed by atoms with Gasteiger partial charge < -0.3 is 14.7 Å². The fraction of sp³-hybridized carbons (Fsp3) is 0.684. The third-order valence-electron chi connectivity index (χ3n) is 4.84. The van der Waals surface area contributed by atoms with Gasteiger partial charge in [0.15, 0.2) is 0 Å². The number of aliphatic hydroxyl groups excluding tert-OH is 1. The molecule has 1 heterocycles. The largest absolute Gasteiger partial charge is 0.394 e. The van der Waals surface area contributed by atoms with E-state index in [0.29, 0.717) is 31.1 Å². The average Bonchev–Trinajstić information content (AvgIpc) is 2.52. The topological polar surface area (TPSA) is 35.9 Å². The molecule has 0 saturated carbocycles. The molecule has 0 bridgehead atoms. The predicted octanol–water partition coefficient (Wildman–Crippen LogP) is 2.08. The summed E-state index contributed by atoms with van der Waals surface area (Å²) in [5, 5.41) is 8.77. The highest BCUT2D eigenvalue weighted by Gasteiger charge is 2.34. The van der Waals surface area contributed by atoms with Crippen LogP contribution < -0.4 is 0 Å². The Labute approximate surface area is 141 Å². The van der Waals surface area contributed by atoms with Crippen molar-refractivity contribution >= 4 is 0 Å². The second kappa shape index (κ2) is 9.38. The van der Waals surface area contributed by atoms with E-state index >= 15 is 0 Å². The lowest BCUT2D eigenvalue weighted by atomic mass is 9.84. The van der Waals surface area contributed by atoms with Gasteiger partial charge in [-0.1, -0.05) is 44.2 Å². The van der Waals surface area contributed by atoms with Crippen molar-refractivity contribution in [1.82, 2.24) is 9.80 Å². The van der Waals surface area contributed by atoms with Crippen LogP contribution in [-0.4, -0.2) is 67.5 Å². The van der Waals surface area contributed by atoms with Gasteiger partial charge in [-0.25, -0.2) is 0 Å². The molecule has 4 nitrogen and oxygen atoms in total. The minimum Gasteiger partial charge on any atom is -0.394 e. The van der Waals surface area contributed by atoms with Gasteiger partial charge in [0.1, 0.15) is 0 Å². The first-order valence-electron chi connectivity index (χ1n) is 8.77. The van der Waals surface area contributed by atoms with Gasteiger partial charge in [0.2, 0.25) is 0 Å². The molecule has 2 atom stereocenters. The number of hydrogen-bond acceptors (Lipinski definition) is 4. The zero-order valence-electron chi connectivity index (χ0n) is 14.8. The third-order valence-corrected chi connectivity index (χ3v) is 4.84. The molecule has 0 spiro atoms. The van der Waals surface area contributed by atoms with Crippen molar-refractivity contribution in [3.63, 3.8) is 0 Å². The number of ether oxygens (including phenoxy) is 1. The number of likely N-dealkylation sites (tertiary alicyclic amines) is 1. The van der Waals surface area contributed by atoms with Crippen LogP contribution in [0.25, 0.3) is 0 Å². The van der Waals surface area contributed by atoms with Gasteiger partial charge in [-0.15, -0.1) is 0 Å². The summed E-state index contributed by atoms with van der Waals surface area (Å²) in [6, 6.07) is 11.3. The van der Waals surface area contributed by atoms with Gasteiger partial charge in [0.05, 0.1) is 19.8 Å². The number of nitrogens with zero attached hydrogens (tertiary/aromatic N) is 2. The van der Waals surface area contributed by atoms with Crippen LogP contribution in [-0.2, 0) is 11.3 Å². The van der Waals surface area contributed by atoms with Crippen molar-refractivity contribution < 1.29 is 9.84 Å². The number of piperidine rings is 1. The lowest BCUT2D eigenvalue weighted by Crippen LogP contribution is -2.54. The fourth-order valence-electron chi connectivity index (χ4n) is 4.03. The second-order valence-corrected chi connectivity index (χ2v) is 6.94. The van der Waals surface area contributed by atoms with Crippen LogP contribution in [0.5, 0.6) is 0 Å². The van der Waals surface area contributed by atoms with Gasteiger partial charge in [0, 0.05) is 32.2 Å². The van der Waals surface area contributed by atoms with Gasteiger partial charge >= 0.3 is 0 Å². The molecule has 4 heteroatoms. The van der Waals surface area contributed by atoms with E-state index in [1.165, 1.54) is 5.56 Å². The maximum atomic E-state index is 8.77. The van der Waals surface area contributed by atoms with E-state index in [1.807, 2.05) is 0 Å². The summed E-state index contributed by atoms with van der Waals surface area (Å²) in [5.41, 5.74) is 1.40. The maximum absolute atomic E-state index is 8.77. The Bertz CT molecular complexity index is 428. The van der Waals surface area contributed by atoms with Crippen LogP contribution in [0.15, 0.2) is 30.3 Å². The van der Waals surface area contributed by atoms with Gasteiger partial charge in [-0.3, -0.25) is 4.90 Å². The van der Waals surface area contributed by atoms with Crippen molar-refractivity contribution in [3.05, 3.63) is 35.9 Å². The fourth-order valence-corrected chi connectivity index (χ4v) is 4.03. The lowest BCUT2D eigenvalue weighted by molar-refractivity contribution is 0.0121. The van der Waals surface area contributed by atoms with Crippen LogP contribution in [0.2, 0.25) is 0 Å². The van der Waals surface area contributed by atoms with Crippen LogP contribution >= 0.6 is 0 Å². The molecule has 1 aliphatic heterocycles. The maximum Gasteiger partial charge on any atom is 0.0698 e. The van der Waals surface area contributed by atoms with Crippen molar-refractivity contribution in [2.45, 2.75) is 26.4 Å². The van der Waals surface area contributed by atoms with Gasteiger partial charge in [-0.2, -0.15) is 0 Å². The first-order valence-corrected chi connectivity index (χ1v) is 8.77. The summed E-state index contributed by atoms with van der Waals surface area (Å²) < 4.78 is 5.41. The molecule has 0 aromatic heterocycles. The monoisotopic (exact) mass is 320 g/mol. The van der Waals surface area contributed by atoms with Gasteiger partial charge in [-0.05, 0) is 24.4 Å². The highest BCUT2D eigenvalue weighted by Crippen LogP contribution is 2.27. The van der Waals surface area contributed by atoms with E-state index in [-0.39, 0.29) is 6.61 Å². The summed E-state index contributed by atoms with van der Waals surface area (Å²) in [6.45, 7) is 10.2. The molecule has 1 N–H and O–H groups in total. The molecule has 23 heavy (non-hydrogen) atoms. The zero-order valence-corrected chi connectivity index (χ0v) is 14.8. The molecule has 1 aliphatic rings. The van der Waals surface area contributed by atoms with Crippen molar-refractivity contribution in [3.8, 4) is 0 Å². The smallest absolute Gasteiger partial charge is 0.0698 e. The summed E-state index contributed by atoms with van der Waals surface area (Å²) in [4.78, 5) is 5.02. The standard InChI is InChI=1S/C19H32N2O2/c1-16-13-21(15-18-7-5-4-6-8-18)14-17(2)19(16)20(3)9-11-23-12-10-22/h4-8,16-17,19,22H,9-15H2,1-3H3. The number of benzene rings is 1. The molecular weight excluding hydrogens is 288 g/mol. The molecule has 2 unspecified atom stereocenters. The normalized spacial score (nSPS) is 25.9. The van der Waals surface area contributed by atoms with Crippen LogP contribution in [0.4, 0.5) is 0 Å². The molecule has 0 radical (unpaired) electrons. The third kappa shape index (κ3) is 5.57. The van der Waals surface area contributed by atoms with Crippen LogP contribution in [0.3, 0.4) is 0 Å². The average molecular weight is 320 g/mol. The molecular formula is C19H32N2O2. The molecule has 1 fully saturated rings. The highest BCUT2D eigenvalue weighted by atomic mass is 16.5. The van der Waals surface area contributed by atoms with Crippen molar-refractivity contribution in [2.75, 3.05) is 46.5 Å². The lowest BCUT2D eigenvalue weighted by Gasteiger charge is -2.45. The minimum absolute atomic E-state index is 0.106. The van der Waals surface area contributed by atoms with E-state index in [0.717, 1.165) is 26.2 Å². The number of hydrogen-bond donors (Lipinski definition) is 1. The number of rotatable bonds is 8. The molecule has 2 rings (SSSR count). The summed E-state index contributed by atoms with van der Waals surface area (Å²) >= 11 is 0. The van der Waals surface area contributed by atoms with E-state index in [1.54, 1.807) is 0 Å². The highest BCUT2D eigenvalue weighted by molar-refractivity contribution is 5.14. The Morgan fingerprint density at radius 3 is 2.39 bits per heavy atom. The molecule has 130 valence electrons. The Balaban J connectivity index is 1.84. The zero-order chi connectivity index (χ0) is 16.7. The van der Waals surface area contributed by atoms with E-state index in [9.17, 15) is 0 Å². The molecule has 1 saturated heterocycles. The molecule has 0 amide bonds. The Kier molecular flexibility index (Phi) is 7.50. The van der Waals surface area contributed by atoms with Crippen LogP contribution in [0.1, 0.15) is 19.4 Å².